The van der Waals surface area contributed by atoms with Crippen LogP contribution in [0.15, 0.2) is 43.0 Å². The summed E-state index contributed by atoms with van der Waals surface area (Å²) in [6.45, 7) is 3.48. The van der Waals surface area contributed by atoms with Crippen molar-refractivity contribution < 1.29 is 5.11 Å². The van der Waals surface area contributed by atoms with Gasteiger partial charge >= 0.3 is 0 Å². The number of allylic oxidation sites excluding steroid dienone is 1. The number of hydrogen-bond acceptors (Lipinski definition) is 1. The summed E-state index contributed by atoms with van der Waals surface area (Å²) in [7, 11) is 0. The summed E-state index contributed by atoms with van der Waals surface area (Å²) in [6, 6.07) is 9.51. The van der Waals surface area contributed by atoms with Crippen LogP contribution in [0.4, 0.5) is 0 Å². The van der Waals surface area contributed by atoms with Gasteiger partial charge in [0.15, 0.2) is 0 Å². The molecular weight excluding hydrogens is 160 g/mol. The maximum Gasteiger partial charge on any atom is 0.0899 e. The minimum Gasteiger partial charge on any atom is -0.387 e. The monoisotopic (exact) mass is 172 g/mol. The first-order valence-corrected chi connectivity index (χ1v) is 4.17. The zero-order valence-electron chi connectivity index (χ0n) is 7.40. The van der Waals surface area contributed by atoms with Gasteiger partial charge in [-0.3, -0.25) is 0 Å². The van der Waals surface area contributed by atoms with Gasteiger partial charge in [0.25, 0.3) is 0 Å². The van der Waals surface area contributed by atoms with Crippen molar-refractivity contribution in [3.05, 3.63) is 48.6 Å². The lowest BCUT2D eigenvalue weighted by Gasteiger charge is -2.05. The second-order valence-corrected chi connectivity index (χ2v) is 2.66. The molecule has 0 aromatic heterocycles. The first kappa shape index (κ1) is 9.57. The average Bonchev–Trinajstić information content (AvgIpc) is 2.19. The Morgan fingerprint density at radius 1 is 1.38 bits per heavy atom. The van der Waals surface area contributed by atoms with E-state index in [1.54, 1.807) is 0 Å². The van der Waals surface area contributed by atoms with Gasteiger partial charge in [0.05, 0.1) is 6.10 Å². The van der Waals surface area contributed by atoms with Crippen LogP contribution in [0.3, 0.4) is 0 Å². The van der Waals surface area contributed by atoms with Gasteiger partial charge in [-0.1, -0.05) is 48.8 Å². The molecule has 0 fully saturated rings. The van der Waals surface area contributed by atoms with Crippen LogP contribution in [0.25, 0.3) is 0 Å². The van der Waals surface area contributed by atoms with Crippen LogP contribution in [0.5, 0.6) is 0 Å². The lowest BCUT2D eigenvalue weighted by molar-refractivity contribution is 0.184. The maximum absolute atomic E-state index is 9.61. The van der Waals surface area contributed by atoms with Crippen LogP contribution in [-0.4, -0.2) is 5.11 Å². The molecule has 1 unspecified atom stereocenters. The molecule has 0 saturated carbocycles. The van der Waals surface area contributed by atoms with Crippen molar-refractivity contribution >= 4 is 0 Å². The third-order valence-corrected chi connectivity index (χ3v) is 1.68. The summed E-state index contributed by atoms with van der Waals surface area (Å²) in [6.07, 6.45) is 1.49. The molecule has 66 valence electrons. The molecule has 13 heavy (non-hydrogen) atoms. The van der Waals surface area contributed by atoms with E-state index in [0.29, 0.717) is 6.42 Å². The van der Waals surface area contributed by atoms with Crippen LogP contribution in [0.2, 0.25) is 0 Å². The number of benzene rings is 1. The van der Waals surface area contributed by atoms with Crippen LogP contribution in [0, 0.1) is 11.8 Å². The smallest absolute Gasteiger partial charge is 0.0899 e. The Labute approximate surface area is 78.7 Å². The van der Waals surface area contributed by atoms with Crippen LogP contribution in [0.1, 0.15) is 18.1 Å². The molecule has 1 rings (SSSR count). The zero-order valence-corrected chi connectivity index (χ0v) is 7.40. The molecule has 0 amide bonds. The number of rotatable bonds is 2. The van der Waals surface area contributed by atoms with Crippen molar-refractivity contribution in [3.63, 3.8) is 0 Å². The van der Waals surface area contributed by atoms with E-state index < -0.39 is 6.10 Å². The van der Waals surface area contributed by atoms with Gasteiger partial charge in [0.2, 0.25) is 0 Å². The SMILES string of the molecule is C=CC#CCC(O)c1ccccc1. The van der Waals surface area contributed by atoms with Gasteiger partial charge in [-0.15, -0.1) is 0 Å². The number of aliphatic hydroxyl groups is 1. The molecule has 0 bridgehead atoms. The standard InChI is InChI=1S/C12H12O/c1-2-3-5-10-12(13)11-8-6-4-7-9-11/h2,4,6-9,12-13H,1,10H2. The first-order valence-electron chi connectivity index (χ1n) is 4.17. The van der Waals surface area contributed by atoms with Gasteiger partial charge in [0.1, 0.15) is 0 Å². The summed E-state index contributed by atoms with van der Waals surface area (Å²) in [4.78, 5) is 0. The van der Waals surface area contributed by atoms with Crippen molar-refractivity contribution in [2.75, 3.05) is 0 Å². The van der Waals surface area contributed by atoms with Crippen LogP contribution >= 0.6 is 0 Å². The molecule has 0 heterocycles. The quantitative estimate of drug-likeness (QED) is 0.679. The summed E-state index contributed by atoms with van der Waals surface area (Å²) in [5, 5.41) is 9.61. The summed E-state index contributed by atoms with van der Waals surface area (Å²) in [5.74, 6) is 5.52. The van der Waals surface area contributed by atoms with Gasteiger partial charge in [0, 0.05) is 6.42 Å². The van der Waals surface area contributed by atoms with Crippen LogP contribution < -0.4 is 0 Å². The fourth-order valence-electron chi connectivity index (χ4n) is 1.02. The van der Waals surface area contributed by atoms with Crippen molar-refractivity contribution in [2.45, 2.75) is 12.5 Å². The lowest BCUT2D eigenvalue weighted by atomic mass is 10.1. The van der Waals surface area contributed by atoms with E-state index in [9.17, 15) is 5.11 Å². The maximum atomic E-state index is 9.61. The van der Waals surface area contributed by atoms with Crippen molar-refractivity contribution in [3.8, 4) is 11.8 Å². The second-order valence-electron chi connectivity index (χ2n) is 2.66. The van der Waals surface area contributed by atoms with E-state index in [0.717, 1.165) is 5.56 Å². The predicted octanol–water partition coefficient (Wildman–Crippen LogP) is 2.30. The third-order valence-electron chi connectivity index (χ3n) is 1.68. The lowest BCUT2D eigenvalue weighted by Crippen LogP contribution is -1.94. The van der Waals surface area contributed by atoms with Crippen molar-refractivity contribution in [2.24, 2.45) is 0 Å². The topological polar surface area (TPSA) is 20.2 Å². The predicted molar refractivity (Wildman–Crippen MR) is 54.0 cm³/mol. The first-order chi connectivity index (χ1) is 6.34. The summed E-state index contributed by atoms with van der Waals surface area (Å²) in [5.41, 5.74) is 0.904. The highest BCUT2D eigenvalue weighted by molar-refractivity contribution is 5.20. The van der Waals surface area contributed by atoms with Gasteiger partial charge in [-0.05, 0) is 11.6 Å². The Kier molecular flexibility index (Phi) is 3.81. The van der Waals surface area contributed by atoms with E-state index in [-0.39, 0.29) is 0 Å². The minimum absolute atomic E-state index is 0.454. The molecule has 0 aliphatic rings. The van der Waals surface area contributed by atoms with Gasteiger partial charge < -0.3 is 5.11 Å². The van der Waals surface area contributed by atoms with Crippen LogP contribution in [-0.2, 0) is 0 Å². The Morgan fingerprint density at radius 2 is 2.08 bits per heavy atom. The molecule has 0 aliphatic heterocycles. The fourth-order valence-corrected chi connectivity index (χ4v) is 1.02. The van der Waals surface area contributed by atoms with Gasteiger partial charge in [-0.2, -0.15) is 0 Å². The molecule has 0 spiro atoms. The highest BCUT2D eigenvalue weighted by Crippen LogP contribution is 2.14. The molecule has 1 aromatic rings. The highest BCUT2D eigenvalue weighted by atomic mass is 16.3. The van der Waals surface area contributed by atoms with E-state index >= 15 is 0 Å². The van der Waals surface area contributed by atoms with E-state index in [4.69, 9.17) is 0 Å². The largest absolute Gasteiger partial charge is 0.387 e. The summed E-state index contributed by atoms with van der Waals surface area (Å²) < 4.78 is 0. The Hall–Kier alpha value is -1.52. The van der Waals surface area contributed by atoms with Gasteiger partial charge in [-0.25, -0.2) is 0 Å². The molecule has 1 atom stereocenters. The highest BCUT2D eigenvalue weighted by Gasteiger charge is 2.02. The van der Waals surface area contributed by atoms with Crippen molar-refractivity contribution in [1.29, 1.82) is 0 Å². The molecule has 1 nitrogen and oxygen atoms in total. The molecule has 1 N–H and O–H groups in total. The number of aliphatic hydroxyl groups excluding tert-OH is 1. The molecule has 1 aromatic carbocycles. The molecule has 0 aliphatic carbocycles. The molecule has 0 saturated heterocycles. The zero-order chi connectivity index (χ0) is 9.52. The molecular formula is C12H12O. The molecule has 1 heteroatoms. The normalized spacial score (nSPS) is 11.2. The molecule has 0 radical (unpaired) electrons. The van der Waals surface area contributed by atoms with E-state index in [1.807, 2.05) is 30.3 Å². The Balaban J connectivity index is 2.58. The Morgan fingerprint density at radius 3 is 2.69 bits per heavy atom. The van der Waals surface area contributed by atoms with Crippen molar-refractivity contribution in [1.82, 2.24) is 0 Å². The minimum atomic E-state index is -0.492. The average molecular weight is 172 g/mol. The second kappa shape index (κ2) is 5.18. The number of hydrogen-bond donors (Lipinski definition) is 1. The fraction of sp³-hybridized carbons (Fsp3) is 0.167. The third kappa shape index (κ3) is 3.14. The summed E-state index contributed by atoms with van der Waals surface area (Å²) >= 11 is 0. The van der Waals surface area contributed by atoms with E-state index in [1.165, 1.54) is 6.08 Å². The Bertz CT molecular complexity index is 316. The van der Waals surface area contributed by atoms with E-state index in [2.05, 4.69) is 18.4 Å².